The molecule has 1 aromatic carbocycles. The van der Waals surface area contributed by atoms with Gasteiger partial charge in [0, 0.05) is 56.1 Å². The number of fused-ring (bicyclic) bond motifs is 1. The molecule has 228 valence electrons. The fourth-order valence-electron chi connectivity index (χ4n) is 4.29. The lowest BCUT2D eigenvalue weighted by Gasteiger charge is -2.14. The van der Waals surface area contributed by atoms with Crippen LogP contribution < -0.4 is 0 Å². The molecule has 0 radical (unpaired) electrons. The van der Waals surface area contributed by atoms with Crippen LogP contribution in [0, 0.1) is 19.3 Å². The maximum Gasteiger partial charge on any atom is 0.354 e. The number of aliphatic hydroxyl groups is 1. The summed E-state index contributed by atoms with van der Waals surface area (Å²) >= 11 is 6.76. The van der Waals surface area contributed by atoms with Gasteiger partial charge < -0.3 is 19.1 Å². The van der Waals surface area contributed by atoms with E-state index in [1.165, 1.54) is 7.11 Å². The van der Waals surface area contributed by atoms with Crippen molar-refractivity contribution in [2.45, 2.75) is 95.0 Å². The van der Waals surface area contributed by atoms with Crippen LogP contribution in [0.3, 0.4) is 0 Å². The normalized spacial score (nSPS) is 10.7. The minimum atomic E-state index is -0.400. The fourth-order valence-corrected chi connectivity index (χ4v) is 4.54. The number of aliphatic hydroxyl groups excluding tert-OH is 1. The van der Waals surface area contributed by atoms with Crippen LogP contribution in [0.1, 0.15) is 95.7 Å². The predicted molar refractivity (Wildman–Crippen MR) is 170 cm³/mol. The Hall–Kier alpha value is -2.35. The molecule has 0 bridgehead atoms. The van der Waals surface area contributed by atoms with Crippen LogP contribution in [-0.4, -0.2) is 52.9 Å². The van der Waals surface area contributed by atoms with E-state index < -0.39 is 5.97 Å². The van der Waals surface area contributed by atoms with E-state index in [0.717, 1.165) is 45.4 Å². The standard InChI is InChI=1S/C23H30ClN3O4.C5H12.2C2H6/c1-14-19(15(2)26(3)25-14)20-18(24)10-9-17-16(8-6-13-30-4)22(23(29)31-5)27(21(17)20)11-7-12-28;1-5(2,3)4;2*1-2/h9-10,28H,6-8,11-13H2,1-5H3;1-4H3;2*1-2H3. The van der Waals surface area contributed by atoms with Crippen molar-refractivity contribution >= 4 is 28.5 Å². The summed E-state index contributed by atoms with van der Waals surface area (Å²) in [4.78, 5) is 12.9. The van der Waals surface area contributed by atoms with Gasteiger partial charge in [-0.25, -0.2) is 4.79 Å². The van der Waals surface area contributed by atoms with Crippen molar-refractivity contribution < 1.29 is 19.4 Å². The largest absolute Gasteiger partial charge is 0.464 e. The number of ether oxygens (including phenoxy) is 2. The molecule has 0 amide bonds. The number of rotatable bonds is 9. The van der Waals surface area contributed by atoms with E-state index in [1.807, 2.05) is 70.0 Å². The Labute approximate surface area is 247 Å². The zero-order valence-electron chi connectivity index (χ0n) is 27.3. The first-order chi connectivity index (χ1) is 18.9. The van der Waals surface area contributed by atoms with Gasteiger partial charge in [0.1, 0.15) is 5.69 Å². The highest BCUT2D eigenvalue weighted by Gasteiger charge is 2.28. The summed E-state index contributed by atoms with van der Waals surface area (Å²) in [7, 11) is 4.96. The topological polar surface area (TPSA) is 78.5 Å². The first-order valence-electron chi connectivity index (χ1n) is 14.4. The third-order valence-corrected chi connectivity index (χ3v) is 6.05. The molecule has 40 heavy (non-hydrogen) atoms. The molecular weight excluding hydrogens is 526 g/mol. The van der Waals surface area contributed by atoms with Crippen LogP contribution in [0.5, 0.6) is 0 Å². The molecule has 0 aliphatic carbocycles. The average Bonchev–Trinajstić information content (AvgIpc) is 3.36. The van der Waals surface area contributed by atoms with Gasteiger partial charge in [-0.2, -0.15) is 5.10 Å². The van der Waals surface area contributed by atoms with Gasteiger partial charge in [-0.05, 0) is 50.2 Å². The molecule has 0 aliphatic rings. The van der Waals surface area contributed by atoms with Gasteiger partial charge >= 0.3 is 5.97 Å². The van der Waals surface area contributed by atoms with Crippen molar-refractivity contribution in [3.05, 3.63) is 39.8 Å². The Kier molecular flexibility index (Phi) is 17.1. The second-order valence-corrected chi connectivity index (χ2v) is 11.0. The Bertz CT molecular complexity index is 1180. The number of aryl methyl sites for hydroxylation is 4. The maximum atomic E-state index is 12.9. The lowest BCUT2D eigenvalue weighted by Crippen LogP contribution is -2.14. The Morgan fingerprint density at radius 2 is 1.60 bits per heavy atom. The summed E-state index contributed by atoms with van der Waals surface area (Å²) in [6.45, 7) is 21.8. The molecule has 1 N–H and O–H groups in total. The molecule has 0 aliphatic heterocycles. The number of carbonyl (C=O) groups is 1. The van der Waals surface area contributed by atoms with Crippen molar-refractivity contribution in [3.63, 3.8) is 0 Å². The van der Waals surface area contributed by atoms with E-state index >= 15 is 0 Å². The number of halogens is 1. The molecule has 0 atom stereocenters. The SMILES string of the molecule is CC.CC.CC(C)(C)C.COCCCc1c(C(=O)OC)n(CCCO)c2c(-c3c(C)nn(C)c3C)c(Cl)ccc12. The van der Waals surface area contributed by atoms with Crippen LogP contribution in [0.2, 0.25) is 5.02 Å². The molecule has 0 unspecified atom stereocenters. The van der Waals surface area contributed by atoms with E-state index in [1.54, 1.807) is 7.11 Å². The summed E-state index contributed by atoms with van der Waals surface area (Å²) in [6.07, 6.45) is 1.93. The van der Waals surface area contributed by atoms with Crippen LogP contribution in [0.25, 0.3) is 22.0 Å². The number of carbonyl (C=O) groups excluding carboxylic acids is 1. The van der Waals surface area contributed by atoms with Crippen LogP contribution in [0.4, 0.5) is 0 Å². The van der Waals surface area contributed by atoms with Crippen molar-refractivity contribution in [2.24, 2.45) is 12.5 Å². The lowest BCUT2D eigenvalue weighted by atomic mass is 9.98. The Morgan fingerprint density at radius 3 is 2.05 bits per heavy atom. The van der Waals surface area contributed by atoms with Gasteiger partial charge in [-0.1, -0.05) is 73.1 Å². The minimum absolute atomic E-state index is 0.0140. The molecule has 3 rings (SSSR count). The molecule has 2 aromatic heterocycles. The first-order valence-corrected chi connectivity index (χ1v) is 14.8. The fraction of sp³-hybridized carbons (Fsp3) is 0.625. The second kappa shape index (κ2) is 18.2. The molecular formula is C32H54ClN3O4. The maximum absolute atomic E-state index is 12.9. The van der Waals surface area contributed by atoms with Gasteiger partial charge in [-0.3, -0.25) is 4.68 Å². The third-order valence-electron chi connectivity index (χ3n) is 5.73. The summed E-state index contributed by atoms with van der Waals surface area (Å²) in [6, 6.07) is 3.84. The zero-order valence-corrected chi connectivity index (χ0v) is 28.0. The molecule has 0 spiro atoms. The van der Waals surface area contributed by atoms with Gasteiger partial charge in [0.25, 0.3) is 0 Å². The highest BCUT2D eigenvalue weighted by molar-refractivity contribution is 6.35. The molecule has 0 saturated carbocycles. The van der Waals surface area contributed by atoms with Gasteiger partial charge in [-0.15, -0.1) is 0 Å². The first kappa shape index (κ1) is 37.6. The second-order valence-electron chi connectivity index (χ2n) is 10.6. The number of esters is 1. The summed E-state index contributed by atoms with van der Waals surface area (Å²) < 4.78 is 14.2. The molecule has 7 nitrogen and oxygen atoms in total. The van der Waals surface area contributed by atoms with E-state index in [9.17, 15) is 9.90 Å². The van der Waals surface area contributed by atoms with E-state index in [-0.39, 0.29) is 6.61 Å². The van der Waals surface area contributed by atoms with Crippen LogP contribution in [0.15, 0.2) is 12.1 Å². The molecule has 3 aromatic rings. The minimum Gasteiger partial charge on any atom is -0.464 e. The molecule has 8 heteroatoms. The smallest absolute Gasteiger partial charge is 0.354 e. The van der Waals surface area contributed by atoms with Crippen molar-refractivity contribution in [2.75, 3.05) is 27.4 Å². The lowest BCUT2D eigenvalue weighted by molar-refractivity contribution is 0.0586. The number of hydrogen-bond donors (Lipinski definition) is 1. The summed E-state index contributed by atoms with van der Waals surface area (Å²) in [5.74, 6) is -0.400. The number of benzene rings is 1. The molecule has 2 heterocycles. The highest BCUT2D eigenvalue weighted by atomic mass is 35.5. The van der Waals surface area contributed by atoms with Crippen molar-refractivity contribution in [1.82, 2.24) is 14.3 Å². The Morgan fingerprint density at radius 1 is 1.02 bits per heavy atom. The molecule has 0 saturated heterocycles. The number of aromatic nitrogens is 3. The van der Waals surface area contributed by atoms with Crippen LogP contribution >= 0.6 is 11.6 Å². The predicted octanol–water partition coefficient (Wildman–Crippen LogP) is 8.16. The highest BCUT2D eigenvalue weighted by Crippen LogP contribution is 2.42. The molecule has 0 fully saturated rings. The monoisotopic (exact) mass is 579 g/mol. The summed E-state index contributed by atoms with van der Waals surface area (Å²) in [5.41, 5.74) is 6.45. The Balaban J connectivity index is 0.00000150. The van der Waals surface area contributed by atoms with E-state index in [0.29, 0.717) is 42.1 Å². The third kappa shape index (κ3) is 9.93. The van der Waals surface area contributed by atoms with E-state index in [2.05, 4.69) is 32.8 Å². The van der Waals surface area contributed by atoms with Crippen molar-refractivity contribution in [1.29, 1.82) is 0 Å². The van der Waals surface area contributed by atoms with Gasteiger partial charge in [0.15, 0.2) is 0 Å². The number of hydrogen-bond acceptors (Lipinski definition) is 5. The van der Waals surface area contributed by atoms with Crippen molar-refractivity contribution in [3.8, 4) is 11.1 Å². The number of nitrogens with zero attached hydrogens (tertiary/aromatic N) is 3. The van der Waals surface area contributed by atoms with E-state index in [4.69, 9.17) is 21.1 Å². The number of methoxy groups -OCH3 is 2. The average molecular weight is 580 g/mol. The zero-order chi connectivity index (χ0) is 31.2. The van der Waals surface area contributed by atoms with Crippen LogP contribution in [-0.2, 0) is 29.5 Å². The summed E-state index contributed by atoms with van der Waals surface area (Å²) in [5, 5.41) is 15.6. The quantitative estimate of drug-likeness (QED) is 0.204. The van der Waals surface area contributed by atoms with Gasteiger partial charge in [0.05, 0.1) is 23.3 Å². The van der Waals surface area contributed by atoms with Gasteiger partial charge in [0.2, 0.25) is 0 Å².